The van der Waals surface area contributed by atoms with E-state index >= 15 is 0 Å². The van der Waals surface area contributed by atoms with Crippen LogP contribution in [0.25, 0.3) is 0 Å². The van der Waals surface area contributed by atoms with Gasteiger partial charge in [0.1, 0.15) is 5.69 Å². The Morgan fingerprint density at radius 3 is 2.46 bits per heavy atom. The van der Waals surface area contributed by atoms with Crippen LogP contribution in [0.4, 0.5) is 24.5 Å². The number of nitro benzene ring substituents is 1. The number of halogens is 3. The van der Waals surface area contributed by atoms with Crippen LogP contribution in [0.1, 0.15) is 43.0 Å². The Hall–Kier alpha value is -2.32. The molecule has 2 aliphatic rings. The first-order valence-electron chi connectivity index (χ1n) is 9.56. The number of piperidine rings is 2. The highest BCUT2D eigenvalue weighted by Crippen LogP contribution is 2.35. The third kappa shape index (κ3) is 4.39. The zero-order chi connectivity index (χ0) is 20.5. The van der Waals surface area contributed by atoms with E-state index in [-0.39, 0.29) is 30.6 Å². The van der Waals surface area contributed by atoms with Crippen molar-refractivity contribution in [1.82, 2.24) is 4.90 Å². The number of nitro groups is 1. The summed E-state index contributed by atoms with van der Waals surface area (Å²) < 4.78 is 39.0. The van der Waals surface area contributed by atoms with Gasteiger partial charge < -0.3 is 9.80 Å². The molecule has 3 rings (SSSR count). The number of rotatable bonds is 3. The van der Waals surface area contributed by atoms with E-state index < -0.39 is 29.5 Å². The summed E-state index contributed by atoms with van der Waals surface area (Å²) >= 11 is 0. The van der Waals surface area contributed by atoms with Gasteiger partial charge in [0.2, 0.25) is 0 Å². The molecule has 0 saturated carbocycles. The van der Waals surface area contributed by atoms with Crippen LogP contribution in [-0.4, -0.2) is 48.1 Å². The van der Waals surface area contributed by atoms with Crippen LogP contribution in [0.5, 0.6) is 0 Å². The summed E-state index contributed by atoms with van der Waals surface area (Å²) in [5.41, 5.74) is 0.341. The number of likely N-dealkylation sites (tertiary alicyclic amines) is 1. The fourth-order valence-electron chi connectivity index (χ4n) is 3.93. The lowest BCUT2D eigenvalue weighted by Gasteiger charge is -2.34. The normalized spacial score (nSPS) is 21.6. The lowest BCUT2D eigenvalue weighted by molar-refractivity contribution is -0.384. The molecule has 2 aliphatic heterocycles. The molecule has 1 unspecified atom stereocenters. The van der Waals surface area contributed by atoms with E-state index in [0.29, 0.717) is 24.7 Å². The Bertz CT molecular complexity index is 746. The summed E-state index contributed by atoms with van der Waals surface area (Å²) in [4.78, 5) is 26.8. The monoisotopic (exact) mass is 399 g/mol. The largest absolute Gasteiger partial charge is 0.393 e. The maximum Gasteiger partial charge on any atom is 0.393 e. The summed E-state index contributed by atoms with van der Waals surface area (Å²) in [6.07, 6.45) is -2.21. The molecule has 154 valence electrons. The standard InChI is InChI=1S/C19H24F3N3O3/c1-13-6-9-23(10-7-13)16-5-4-14(11-17(16)25(27)28)18(26)24-8-2-3-15(12-24)19(20,21)22/h4-5,11,13,15H,2-3,6-10,12H2,1H3. The maximum absolute atomic E-state index is 13.0. The minimum atomic E-state index is -4.35. The maximum atomic E-state index is 13.0. The van der Waals surface area contributed by atoms with E-state index in [4.69, 9.17) is 0 Å². The van der Waals surface area contributed by atoms with Gasteiger partial charge in [-0.1, -0.05) is 6.92 Å². The second-order valence-corrected chi connectivity index (χ2v) is 7.76. The number of anilines is 1. The second-order valence-electron chi connectivity index (χ2n) is 7.76. The number of benzene rings is 1. The van der Waals surface area contributed by atoms with Gasteiger partial charge in [-0.05, 0) is 43.7 Å². The molecular weight excluding hydrogens is 375 g/mol. The van der Waals surface area contributed by atoms with Crippen LogP contribution in [-0.2, 0) is 0 Å². The molecule has 0 spiro atoms. The van der Waals surface area contributed by atoms with Crippen LogP contribution < -0.4 is 4.90 Å². The molecule has 2 fully saturated rings. The summed E-state index contributed by atoms with van der Waals surface area (Å²) in [5, 5.41) is 11.6. The summed E-state index contributed by atoms with van der Waals surface area (Å²) in [7, 11) is 0. The van der Waals surface area contributed by atoms with Gasteiger partial charge in [-0.15, -0.1) is 0 Å². The molecule has 0 radical (unpaired) electrons. The zero-order valence-electron chi connectivity index (χ0n) is 15.7. The molecule has 0 N–H and O–H groups in total. The number of amides is 1. The van der Waals surface area contributed by atoms with Crippen LogP contribution in [0, 0.1) is 22.0 Å². The molecule has 9 heteroatoms. The van der Waals surface area contributed by atoms with Gasteiger partial charge >= 0.3 is 6.18 Å². The molecule has 0 aliphatic carbocycles. The van der Waals surface area contributed by atoms with E-state index in [1.165, 1.54) is 12.1 Å². The van der Waals surface area contributed by atoms with E-state index in [9.17, 15) is 28.1 Å². The number of alkyl halides is 3. The Morgan fingerprint density at radius 1 is 1.18 bits per heavy atom. The molecule has 1 aromatic rings. The van der Waals surface area contributed by atoms with Crippen molar-refractivity contribution in [3.05, 3.63) is 33.9 Å². The predicted molar refractivity (Wildman–Crippen MR) is 98.4 cm³/mol. The Kier molecular flexibility index (Phi) is 5.81. The molecule has 1 aromatic carbocycles. The van der Waals surface area contributed by atoms with Gasteiger partial charge in [0, 0.05) is 37.8 Å². The van der Waals surface area contributed by atoms with Crippen molar-refractivity contribution in [1.29, 1.82) is 0 Å². The van der Waals surface area contributed by atoms with Crippen LogP contribution >= 0.6 is 0 Å². The third-order valence-electron chi connectivity index (χ3n) is 5.71. The molecule has 1 amide bonds. The Labute approximate surface area is 161 Å². The molecule has 0 bridgehead atoms. The number of hydrogen-bond acceptors (Lipinski definition) is 4. The minimum absolute atomic E-state index is 0.000250. The molecule has 1 atom stereocenters. The Morgan fingerprint density at radius 2 is 1.86 bits per heavy atom. The van der Waals surface area contributed by atoms with Crippen molar-refractivity contribution in [2.45, 2.75) is 38.8 Å². The second kappa shape index (κ2) is 7.97. The molecule has 28 heavy (non-hydrogen) atoms. The van der Waals surface area contributed by atoms with E-state index in [0.717, 1.165) is 17.7 Å². The van der Waals surface area contributed by atoms with Crippen molar-refractivity contribution >= 4 is 17.3 Å². The molecule has 0 aromatic heterocycles. The Balaban J connectivity index is 1.81. The van der Waals surface area contributed by atoms with Crippen molar-refractivity contribution in [3.63, 3.8) is 0 Å². The van der Waals surface area contributed by atoms with Crippen LogP contribution in [0.2, 0.25) is 0 Å². The van der Waals surface area contributed by atoms with Crippen molar-refractivity contribution in [3.8, 4) is 0 Å². The topological polar surface area (TPSA) is 66.7 Å². The first-order valence-corrected chi connectivity index (χ1v) is 9.56. The van der Waals surface area contributed by atoms with E-state index in [2.05, 4.69) is 6.92 Å². The number of nitrogens with zero attached hydrogens (tertiary/aromatic N) is 3. The number of hydrogen-bond donors (Lipinski definition) is 0. The lowest BCUT2D eigenvalue weighted by Crippen LogP contribution is -2.44. The van der Waals surface area contributed by atoms with Gasteiger partial charge in [-0.2, -0.15) is 13.2 Å². The minimum Gasteiger partial charge on any atom is -0.366 e. The summed E-state index contributed by atoms with van der Waals surface area (Å²) in [5.74, 6) is -1.57. The quantitative estimate of drug-likeness (QED) is 0.563. The predicted octanol–water partition coefficient (Wildman–Crippen LogP) is 4.25. The van der Waals surface area contributed by atoms with Crippen LogP contribution in [0.15, 0.2) is 18.2 Å². The SMILES string of the molecule is CC1CCN(c2ccc(C(=O)N3CCCC(C(F)(F)F)C3)cc2[N+](=O)[O-])CC1. The fraction of sp³-hybridized carbons (Fsp3) is 0.632. The average Bonchev–Trinajstić information content (AvgIpc) is 2.67. The highest BCUT2D eigenvalue weighted by atomic mass is 19.4. The lowest BCUT2D eigenvalue weighted by atomic mass is 9.96. The smallest absolute Gasteiger partial charge is 0.366 e. The highest BCUT2D eigenvalue weighted by molar-refractivity contribution is 5.96. The highest BCUT2D eigenvalue weighted by Gasteiger charge is 2.43. The van der Waals surface area contributed by atoms with Gasteiger partial charge in [-0.25, -0.2) is 0 Å². The number of carbonyl (C=O) groups is 1. The first-order chi connectivity index (χ1) is 13.2. The van der Waals surface area contributed by atoms with Crippen molar-refractivity contribution < 1.29 is 22.9 Å². The summed E-state index contributed by atoms with van der Waals surface area (Å²) in [6, 6.07) is 4.24. The average molecular weight is 399 g/mol. The fourth-order valence-corrected chi connectivity index (χ4v) is 3.93. The summed E-state index contributed by atoms with van der Waals surface area (Å²) in [6.45, 7) is 3.37. The van der Waals surface area contributed by atoms with Gasteiger partial charge in [0.15, 0.2) is 0 Å². The molecule has 2 saturated heterocycles. The zero-order valence-corrected chi connectivity index (χ0v) is 15.7. The number of carbonyl (C=O) groups excluding carboxylic acids is 1. The van der Waals surface area contributed by atoms with Gasteiger partial charge in [0.05, 0.1) is 10.8 Å². The first kappa shape index (κ1) is 20.4. The van der Waals surface area contributed by atoms with E-state index in [1.54, 1.807) is 6.07 Å². The van der Waals surface area contributed by atoms with Crippen molar-refractivity contribution in [2.24, 2.45) is 11.8 Å². The molecule has 2 heterocycles. The van der Waals surface area contributed by atoms with Crippen molar-refractivity contribution in [2.75, 3.05) is 31.1 Å². The van der Waals surface area contributed by atoms with Gasteiger partial charge in [0.25, 0.3) is 11.6 Å². The third-order valence-corrected chi connectivity index (χ3v) is 5.71. The molecule has 6 nitrogen and oxygen atoms in total. The van der Waals surface area contributed by atoms with Crippen LogP contribution in [0.3, 0.4) is 0 Å². The van der Waals surface area contributed by atoms with Gasteiger partial charge in [-0.3, -0.25) is 14.9 Å². The molecular formula is C19H24F3N3O3. The van der Waals surface area contributed by atoms with E-state index in [1.807, 2.05) is 4.90 Å².